The molecule has 0 heterocycles. The third kappa shape index (κ3) is 5.28. The summed E-state index contributed by atoms with van der Waals surface area (Å²) in [5.74, 6) is -0.300. The van der Waals surface area contributed by atoms with Gasteiger partial charge in [-0.25, -0.2) is 0 Å². The molecule has 2 aromatic rings. The predicted octanol–water partition coefficient (Wildman–Crippen LogP) is 3.99. The fraction of sp³-hybridized carbons (Fsp3) is 0.222. The predicted molar refractivity (Wildman–Crippen MR) is 98.5 cm³/mol. The van der Waals surface area contributed by atoms with Crippen LogP contribution in [0.25, 0.3) is 0 Å². The molecule has 0 unspecified atom stereocenters. The van der Waals surface area contributed by atoms with Gasteiger partial charge >= 0.3 is 0 Å². The van der Waals surface area contributed by atoms with Crippen LogP contribution in [0, 0.1) is 5.92 Å². The number of hydrogen-bond acceptors (Lipinski definition) is 3. The van der Waals surface area contributed by atoms with Gasteiger partial charge in [0, 0.05) is 17.3 Å². The number of halogens is 1. The molecule has 6 heteroatoms. The van der Waals surface area contributed by atoms with Crippen molar-refractivity contribution < 1.29 is 9.59 Å². The molecule has 2 amide bonds. The van der Waals surface area contributed by atoms with E-state index >= 15 is 0 Å². The smallest absolute Gasteiger partial charge is 0.243 e. The van der Waals surface area contributed by atoms with Crippen LogP contribution in [0.1, 0.15) is 13.8 Å². The maximum Gasteiger partial charge on any atom is 0.243 e. The van der Waals surface area contributed by atoms with E-state index in [9.17, 15) is 9.59 Å². The molecule has 0 radical (unpaired) electrons. The fourth-order valence-corrected chi connectivity index (χ4v) is 2.08. The van der Waals surface area contributed by atoms with Gasteiger partial charge in [0.05, 0.1) is 17.3 Å². The SMILES string of the molecule is CC(C)C(=O)Nc1ccc(NCC(=O)Nc2ccccc2Cl)cc1. The molecule has 0 aliphatic carbocycles. The van der Waals surface area contributed by atoms with E-state index in [4.69, 9.17) is 11.6 Å². The Bertz CT molecular complexity index is 714. The average molecular weight is 346 g/mol. The number of anilines is 3. The first-order chi connectivity index (χ1) is 11.5. The Morgan fingerprint density at radius 3 is 2.21 bits per heavy atom. The zero-order valence-corrected chi connectivity index (χ0v) is 14.4. The van der Waals surface area contributed by atoms with Crippen LogP contribution in [0.2, 0.25) is 5.02 Å². The maximum atomic E-state index is 11.9. The minimum absolute atomic E-state index is 0.0326. The Labute approximate surface area is 146 Å². The van der Waals surface area contributed by atoms with Crippen LogP contribution in [0.5, 0.6) is 0 Å². The van der Waals surface area contributed by atoms with Crippen molar-refractivity contribution >= 4 is 40.5 Å². The van der Waals surface area contributed by atoms with Crippen molar-refractivity contribution in [3.05, 3.63) is 53.6 Å². The highest BCUT2D eigenvalue weighted by molar-refractivity contribution is 6.33. The zero-order chi connectivity index (χ0) is 17.5. The average Bonchev–Trinajstić information content (AvgIpc) is 2.56. The standard InChI is InChI=1S/C18H20ClN3O2/c1-12(2)18(24)21-14-9-7-13(8-10-14)20-11-17(23)22-16-6-4-3-5-15(16)19/h3-10,12,20H,11H2,1-2H3,(H,21,24)(H,22,23). The molecule has 0 aromatic heterocycles. The molecule has 5 nitrogen and oxygen atoms in total. The van der Waals surface area contributed by atoms with Crippen LogP contribution in [0.4, 0.5) is 17.1 Å². The van der Waals surface area contributed by atoms with Gasteiger partial charge in [0.15, 0.2) is 0 Å². The molecular weight excluding hydrogens is 326 g/mol. The summed E-state index contributed by atoms with van der Waals surface area (Å²) in [6, 6.07) is 14.2. The lowest BCUT2D eigenvalue weighted by Gasteiger charge is -2.10. The quantitative estimate of drug-likeness (QED) is 0.741. The third-order valence-electron chi connectivity index (χ3n) is 3.28. The van der Waals surface area contributed by atoms with Gasteiger partial charge in [-0.05, 0) is 36.4 Å². The summed E-state index contributed by atoms with van der Waals surface area (Å²) in [4.78, 5) is 23.6. The minimum Gasteiger partial charge on any atom is -0.376 e. The number of para-hydroxylation sites is 1. The number of amides is 2. The van der Waals surface area contributed by atoms with Crippen LogP contribution in [-0.2, 0) is 9.59 Å². The topological polar surface area (TPSA) is 70.2 Å². The highest BCUT2D eigenvalue weighted by atomic mass is 35.5. The van der Waals surface area contributed by atoms with Crippen LogP contribution < -0.4 is 16.0 Å². The van der Waals surface area contributed by atoms with Crippen molar-refractivity contribution in [1.82, 2.24) is 0 Å². The van der Waals surface area contributed by atoms with Crippen molar-refractivity contribution in [1.29, 1.82) is 0 Å². The molecular formula is C18H20ClN3O2. The van der Waals surface area contributed by atoms with Gasteiger partial charge in [-0.2, -0.15) is 0 Å². The number of hydrogen-bond donors (Lipinski definition) is 3. The van der Waals surface area contributed by atoms with Crippen LogP contribution in [0.3, 0.4) is 0 Å². The molecule has 126 valence electrons. The normalized spacial score (nSPS) is 10.3. The maximum absolute atomic E-state index is 11.9. The summed E-state index contributed by atoms with van der Waals surface area (Å²) in [7, 11) is 0. The van der Waals surface area contributed by atoms with Crippen molar-refractivity contribution in [2.24, 2.45) is 5.92 Å². The molecule has 0 spiro atoms. The number of carbonyl (C=O) groups is 2. The van der Waals surface area contributed by atoms with Crippen molar-refractivity contribution in [2.45, 2.75) is 13.8 Å². The molecule has 0 aliphatic rings. The fourth-order valence-electron chi connectivity index (χ4n) is 1.90. The van der Waals surface area contributed by atoms with E-state index in [1.54, 1.807) is 48.5 Å². The molecule has 2 aromatic carbocycles. The lowest BCUT2D eigenvalue weighted by Crippen LogP contribution is -2.22. The summed E-state index contributed by atoms with van der Waals surface area (Å²) in [6.45, 7) is 3.79. The van der Waals surface area contributed by atoms with E-state index in [1.165, 1.54) is 0 Å². The Morgan fingerprint density at radius 1 is 0.958 bits per heavy atom. The van der Waals surface area contributed by atoms with Crippen molar-refractivity contribution in [3.63, 3.8) is 0 Å². The lowest BCUT2D eigenvalue weighted by molar-refractivity contribution is -0.119. The highest BCUT2D eigenvalue weighted by Gasteiger charge is 2.07. The second-order valence-electron chi connectivity index (χ2n) is 5.60. The Morgan fingerprint density at radius 2 is 1.58 bits per heavy atom. The summed E-state index contributed by atoms with van der Waals surface area (Å²) in [5.41, 5.74) is 2.09. The van der Waals surface area contributed by atoms with E-state index in [-0.39, 0.29) is 24.3 Å². The molecule has 0 saturated heterocycles. The minimum atomic E-state index is -0.194. The van der Waals surface area contributed by atoms with E-state index < -0.39 is 0 Å². The van der Waals surface area contributed by atoms with Gasteiger partial charge in [0.2, 0.25) is 11.8 Å². The summed E-state index contributed by atoms with van der Waals surface area (Å²) in [6.07, 6.45) is 0. The van der Waals surface area contributed by atoms with E-state index in [0.29, 0.717) is 10.7 Å². The molecule has 3 N–H and O–H groups in total. The van der Waals surface area contributed by atoms with Gasteiger partial charge < -0.3 is 16.0 Å². The molecule has 0 fully saturated rings. The number of nitrogens with one attached hydrogen (secondary N) is 3. The van der Waals surface area contributed by atoms with Crippen molar-refractivity contribution in [2.75, 3.05) is 22.5 Å². The molecule has 24 heavy (non-hydrogen) atoms. The summed E-state index contributed by atoms with van der Waals surface area (Å²) >= 11 is 6.00. The van der Waals surface area contributed by atoms with Gasteiger partial charge in [0.25, 0.3) is 0 Å². The van der Waals surface area contributed by atoms with E-state index in [1.807, 2.05) is 13.8 Å². The van der Waals surface area contributed by atoms with Gasteiger partial charge in [-0.15, -0.1) is 0 Å². The van der Waals surface area contributed by atoms with Crippen molar-refractivity contribution in [3.8, 4) is 0 Å². The summed E-state index contributed by atoms with van der Waals surface area (Å²) < 4.78 is 0. The van der Waals surface area contributed by atoms with Crippen LogP contribution in [-0.4, -0.2) is 18.4 Å². The Balaban J connectivity index is 1.85. The molecule has 0 bridgehead atoms. The Hall–Kier alpha value is -2.53. The van der Waals surface area contributed by atoms with Crippen LogP contribution >= 0.6 is 11.6 Å². The molecule has 0 saturated carbocycles. The van der Waals surface area contributed by atoms with Gasteiger partial charge in [0.1, 0.15) is 0 Å². The zero-order valence-electron chi connectivity index (χ0n) is 13.6. The monoisotopic (exact) mass is 345 g/mol. The molecule has 0 atom stereocenters. The van der Waals surface area contributed by atoms with Gasteiger partial charge in [-0.3, -0.25) is 9.59 Å². The van der Waals surface area contributed by atoms with E-state index in [2.05, 4.69) is 16.0 Å². The Kier molecular flexibility index (Phi) is 6.21. The second-order valence-corrected chi connectivity index (χ2v) is 6.01. The first kappa shape index (κ1) is 17.8. The second kappa shape index (κ2) is 8.36. The number of benzene rings is 2. The number of carbonyl (C=O) groups excluding carboxylic acids is 2. The summed E-state index contributed by atoms with van der Waals surface area (Å²) in [5, 5.41) is 9.07. The molecule has 2 rings (SSSR count). The van der Waals surface area contributed by atoms with E-state index in [0.717, 1.165) is 11.4 Å². The first-order valence-electron chi connectivity index (χ1n) is 7.65. The third-order valence-corrected chi connectivity index (χ3v) is 3.61. The number of rotatable bonds is 6. The highest BCUT2D eigenvalue weighted by Crippen LogP contribution is 2.20. The van der Waals surface area contributed by atoms with Gasteiger partial charge in [-0.1, -0.05) is 37.6 Å². The largest absolute Gasteiger partial charge is 0.376 e. The first-order valence-corrected chi connectivity index (χ1v) is 8.02. The lowest BCUT2D eigenvalue weighted by atomic mass is 10.2. The van der Waals surface area contributed by atoms with Crippen LogP contribution in [0.15, 0.2) is 48.5 Å². The molecule has 0 aliphatic heterocycles.